The Morgan fingerprint density at radius 2 is 2.26 bits per heavy atom. The third-order valence-electron chi connectivity index (χ3n) is 3.81. The number of anilines is 1. The lowest BCUT2D eigenvalue weighted by atomic mass is 9.99. The van der Waals surface area contributed by atoms with Crippen LogP contribution >= 0.6 is 0 Å². The highest BCUT2D eigenvalue weighted by molar-refractivity contribution is 5.38. The lowest BCUT2D eigenvalue weighted by molar-refractivity contribution is 0.434. The molecule has 1 aliphatic heterocycles. The Kier molecular flexibility index (Phi) is 4.58. The van der Waals surface area contributed by atoms with Gasteiger partial charge in [-0.05, 0) is 46.1 Å². The van der Waals surface area contributed by atoms with E-state index in [1.54, 1.807) is 17.0 Å². The highest BCUT2D eigenvalue weighted by Gasteiger charge is 2.25. The van der Waals surface area contributed by atoms with E-state index in [1.165, 1.54) is 6.42 Å². The molecule has 0 spiro atoms. The van der Waals surface area contributed by atoms with Crippen molar-refractivity contribution in [3.05, 3.63) is 22.7 Å². The van der Waals surface area contributed by atoms with Crippen LogP contribution < -0.4 is 16.2 Å². The molecule has 1 aromatic heterocycles. The average molecular weight is 264 g/mol. The summed E-state index contributed by atoms with van der Waals surface area (Å²) < 4.78 is 1.75. The first kappa shape index (κ1) is 14.1. The standard InChI is InChI=1S/C14H24N4O/c1-11(2)17-10-8-16-13(14(17)19)18-9-4-3-5-12(18)6-7-15/h8,10-12H,3-7,9,15H2,1-2H3. The van der Waals surface area contributed by atoms with Crippen LogP contribution in [-0.4, -0.2) is 28.7 Å². The molecule has 0 aliphatic carbocycles. The monoisotopic (exact) mass is 264 g/mol. The number of piperidine rings is 1. The Morgan fingerprint density at radius 1 is 1.47 bits per heavy atom. The summed E-state index contributed by atoms with van der Waals surface area (Å²) >= 11 is 0. The van der Waals surface area contributed by atoms with E-state index in [0.29, 0.717) is 18.4 Å². The number of hydrogen-bond donors (Lipinski definition) is 1. The van der Waals surface area contributed by atoms with E-state index in [4.69, 9.17) is 5.73 Å². The van der Waals surface area contributed by atoms with Gasteiger partial charge in [0, 0.05) is 31.0 Å². The fourth-order valence-corrected chi connectivity index (χ4v) is 2.79. The van der Waals surface area contributed by atoms with Crippen LogP contribution in [0.5, 0.6) is 0 Å². The minimum Gasteiger partial charge on any atom is -0.349 e. The van der Waals surface area contributed by atoms with Crippen molar-refractivity contribution in [2.75, 3.05) is 18.0 Å². The van der Waals surface area contributed by atoms with E-state index in [2.05, 4.69) is 9.88 Å². The van der Waals surface area contributed by atoms with E-state index in [0.717, 1.165) is 25.8 Å². The smallest absolute Gasteiger partial charge is 0.293 e. The van der Waals surface area contributed by atoms with Gasteiger partial charge in [-0.1, -0.05) is 0 Å². The van der Waals surface area contributed by atoms with Crippen molar-refractivity contribution in [3.8, 4) is 0 Å². The average Bonchev–Trinajstić information content (AvgIpc) is 2.40. The summed E-state index contributed by atoms with van der Waals surface area (Å²) in [6, 6.07) is 0.522. The van der Waals surface area contributed by atoms with E-state index >= 15 is 0 Å². The maximum absolute atomic E-state index is 12.5. The summed E-state index contributed by atoms with van der Waals surface area (Å²) in [6.07, 6.45) is 7.86. The Bertz CT molecular complexity index is 467. The van der Waals surface area contributed by atoms with Crippen LogP contribution in [0, 0.1) is 0 Å². The van der Waals surface area contributed by atoms with Crippen LogP contribution in [0.25, 0.3) is 0 Å². The summed E-state index contributed by atoms with van der Waals surface area (Å²) in [5.41, 5.74) is 5.70. The van der Waals surface area contributed by atoms with E-state index in [-0.39, 0.29) is 11.6 Å². The molecule has 1 unspecified atom stereocenters. The highest BCUT2D eigenvalue weighted by Crippen LogP contribution is 2.22. The number of aromatic nitrogens is 2. The molecule has 0 radical (unpaired) electrons. The third kappa shape index (κ3) is 2.97. The van der Waals surface area contributed by atoms with Crippen LogP contribution in [-0.2, 0) is 0 Å². The maximum atomic E-state index is 12.5. The molecular weight excluding hydrogens is 240 g/mol. The molecular formula is C14H24N4O. The Hall–Kier alpha value is -1.36. The Balaban J connectivity index is 2.34. The summed E-state index contributed by atoms with van der Waals surface area (Å²) in [5, 5.41) is 0. The molecule has 0 amide bonds. The summed E-state index contributed by atoms with van der Waals surface area (Å²) in [7, 11) is 0. The molecule has 1 aliphatic rings. The molecule has 5 nitrogen and oxygen atoms in total. The molecule has 1 saturated heterocycles. The zero-order chi connectivity index (χ0) is 13.8. The minimum atomic E-state index is 0.0152. The van der Waals surface area contributed by atoms with Gasteiger partial charge in [0.15, 0.2) is 5.82 Å². The summed E-state index contributed by atoms with van der Waals surface area (Å²) in [6.45, 7) is 5.60. The van der Waals surface area contributed by atoms with E-state index in [9.17, 15) is 4.79 Å². The van der Waals surface area contributed by atoms with Gasteiger partial charge in [0.1, 0.15) is 0 Å². The first-order valence-electron chi connectivity index (χ1n) is 7.19. The minimum absolute atomic E-state index is 0.0152. The molecule has 106 valence electrons. The molecule has 0 bridgehead atoms. The molecule has 2 heterocycles. The van der Waals surface area contributed by atoms with Crippen LogP contribution in [0.1, 0.15) is 45.6 Å². The zero-order valence-electron chi connectivity index (χ0n) is 11.9. The van der Waals surface area contributed by atoms with Gasteiger partial charge in [0.2, 0.25) is 0 Å². The normalized spacial score (nSPS) is 20.0. The number of rotatable bonds is 4. The molecule has 19 heavy (non-hydrogen) atoms. The van der Waals surface area contributed by atoms with E-state index < -0.39 is 0 Å². The lowest BCUT2D eigenvalue weighted by Crippen LogP contribution is -2.45. The first-order valence-corrected chi connectivity index (χ1v) is 7.19. The largest absolute Gasteiger partial charge is 0.349 e. The predicted molar refractivity (Wildman–Crippen MR) is 77.5 cm³/mol. The van der Waals surface area contributed by atoms with Crippen molar-refractivity contribution >= 4 is 5.82 Å². The maximum Gasteiger partial charge on any atom is 0.293 e. The highest BCUT2D eigenvalue weighted by atomic mass is 16.1. The van der Waals surface area contributed by atoms with Crippen LogP contribution in [0.3, 0.4) is 0 Å². The van der Waals surface area contributed by atoms with Gasteiger partial charge >= 0.3 is 0 Å². The van der Waals surface area contributed by atoms with Gasteiger partial charge in [-0.3, -0.25) is 4.79 Å². The second kappa shape index (κ2) is 6.19. The van der Waals surface area contributed by atoms with Crippen molar-refractivity contribution in [1.29, 1.82) is 0 Å². The van der Waals surface area contributed by atoms with Crippen LogP contribution in [0.4, 0.5) is 5.82 Å². The number of hydrogen-bond acceptors (Lipinski definition) is 4. The Labute approximate surface area is 114 Å². The fraction of sp³-hybridized carbons (Fsp3) is 0.714. The molecule has 2 N–H and O–H groups in total. The lowest BCUT2D eigenvalue weighted by Gasteiger charge is -2.36. The van der Waals surface area contributed by atoms with Crippen molar-refractivity contribution in [3.63, 3.8) is 0 Å². The SMILES string of the molecule is CC(C)n1ccnc(N2CCCCC2CCN)c1=O. The van der Waals surface area contributed by atoms with Crippen molar-refractivity contribution in [2.45, 2.75) is 51.6 Å². The molecule has 5 heteroatoms. The van der Waals surface area contributed by atoms with Gasteiger partial charge in [-0.25, -0.2) is 4.98 Å². The fourth-order valence-electron chi connectivity index (χ4n) is 2.79. The zero-order valence-corrected chi connectivity index (χ0v) is 11.9. The molecule has 0 saturated carbocycles. The van der Waals surface area contributed by atoms with Crippen molar-refractivity contribution in [1.82, 2.24) is 9.55 Å². The first-order chi connectivity index (χ1) is 9.15. The van der Waals surface area contributed by atoms with Gasteiger partial charge in [0.25, 0.3) is 5.56 Å². The number of nitrogens with zero attached hydrogens (tertiary/aromatic N) is 3. The second-order valence-electron chi connectivity index (χ2n) is 5.48. The quantitative estimate of drug-likeness (QED) is 0.895. The molecule has 2 rings (SSSR count). The Morgan fingerprint density at radius 3 is 2.95 bits per heavy atom. The van der Waals surface area contributed by atoms with Gasteiger partial charge < -0.3 is 15.2 Å². The predicted octanol–water partition coefficient (Wildman–Crippen LogP) is 1.53. The number of nitrogens with two attached hydrogens (primary N) is 1. The topological polar surface area (TPSA) is 64.2 Å². The van der Waals surface area contributed by atoms with Crippen LogP contribution in [0.2, 0.25) is 0 Å². The van der Waals surface area contributed by atoms with Crippen molar-refractivity contribution < 1.29 is 0 Å². The molecule has 1 atom stereocenters. The summed E-state index contributed by atoms with van der Waals surface area (Å²) in [4.78, 5) is 19.0. The molecule has 1 aromatic rings. The van der Waals surface area contributed by atoms with E-state index in [1.807, 2.05) is 13.8 Å². The second-order valence-corrected chi connectivity index (χ2v) is 5.48. The van der Waals surface area contributed by atoms with Crippen LogP contribution in [0.15, 0.2) is 17.2 Å². The van der Waals surface area contributed by atoms with Crippen molar-refractivity contribution in [2.24, 2.45) is 5.73 Å². The van der Waals surface area contributed by atoms with Gasteiger partial charge in [0.05, 0.1) is 0 Å². The third-order valence-corrected chi connectivity index (χ3v) is 3.81. The molecule has 1 fully saturated rings. The van der Waals surface area contributed by atoms with Gasteiger partial charge in [-0.15, -0.1) is 0 Å². The molecule has 0 aromatic carbocycles. The summed E-state index contributed by atoms with van der Waals surface area (Å²) in [5.74, 6) is 0.592. The van der Waals surface area contributed by atoms with Gasteiger partial charge in [-0.2, -0.15) is 0 Å².